The van der Waals surface area contributed by atoms with Gasteiger partial charge in [-0.2, -0.15) is 0 Å². The van der Waals surface area contributed by atoms with Gasteiger partial charge < -0.3 is 4.42 Å². The molecule has 0 unspecified atom stereocenters. The Morgan fingerprint density at radius 1 is 1.20 bits per heavy atom. The highest BCUT2D eigenvalue weighted by molar-refractivity contribution is 7.14. The Labute approximate surface area is 125 Å². The van der Waals surface area contributed by atoms with Crippen molar-refractivity contribution >= 4 is 39.7 Å². The molecule has 0 fully saturated rings. The van der Waals surface area contributed by atoms with Gasteiger partial charge in [0.15, 0.2) is 5.76 Å². The molecule has 2 aromatic heterocycles. The predicted molar refractivity (Wildman–Crippen MR) is 81.0 cm³/mol. The number of carbonyl (C=O) groups excluding carboxylic acids is 1. The standard InChI is InChI=1S/C16H11ClO2S/c17-11-4-5-12-10(6-11)7-13(19-12)16(18)15-8-9-2-1-3-14(9)20-15/h4-8H,1-3H2. The molecule has 0 bridgehead atoms. The van der Waals surface area contributed by atoms with Gasteiger partial charge in [0, 0.05) is 15.3 Å². The van der Waals surface area contributed by atoms with Crippen molar-refractivity contribution in [1.82, 2.24) is 0 Å². The summed E-state index contributed by atoms with van der Waals surface area (Å²) >= 11 is 7.55. The number of rotatable bonds is 2. The molecule has 4 heteroatoms. The molecule has 3 aromatic rings. The van der Waals surface area contributed by atoms with Crippen LogP contribution in [-0.4, -0.2) is 5.78 Å². The number of thiophene rings is 1. The zero-order valence-electron chi connectivity index (χ0n) is 10.6. The third kappa shape index (κ3) is 1.89. The average molecular weight is 303 g/mol. The van der Waals surface area contributed by atoms with Crippen LogP contribution in [0.1, 0.15) is 32.3 Å². The molecule has 2 heterocycles. The van der Waals surface area contributed by atoms with Gasteiger partial charge in [-0.3, -0.25) is 4.79 Å². The molecule has 20 heavy (non-hydrogen) atoms. The lowest BCUT2D eigenvalue weighted by molar-refractivity contribution is 0.101. The summed E-state index contributed by atoms with van der Waals surface area (Å²) in [6.45, 7) is 0. The summed E-state index contributed by atoms with van der Waals surface area (Å²) in [4.78, 5) is 14.6. The van der Waals surface area contributed by atoms with Gasteiger partial charge in [-0.15, -0.1) is 11.3 Å². The van der Waals surface area contributed by atoms with Crippen LogP contribution in [0.5, 0.6) is 0 Å². The van der Waals surface area contributed by atoms with E-state index in [4.69, 9.17) is 16.0 Å². The number of hydrogen-bond acceptors (Lipinski definition) is 3. The van der Waals surface area contributed by atoms with E-state index >= 15 is 0 Å². The Hall–Kier alpha value is -1.58. The molecule has 1 aliphatic carbocycles. The molecule has 0 saturated heterocycles. The minimum Gasteiger partial charge on any atom is -0.453 e. The molecule has 4 rings (SSSR count). The Kier molecular flexibility index (Phi) is 2.72. The maximum absolute atomic E-state index is 12.5. The Balaban J connectivity index is 1.75. The van der Waals surface area contributed by atoms with Crippen LogP contribution in [-0.2, 0) is 12.8 Å². The molecule has 2 nitrogen and oxygen atoms in total. The van der Waals surface area contributed by atoms with Gasteiger partial charge in [0.25, 0.3) is 0 Å². The first-order valence-corrected chi connectivity index (χ1v) is 7.75. The summed E-state index contributed by atoms with van der Waals surface area (Å²) in [5.74, 6) is 0.360. The monoisotopic (exact) mass is 302 g/mol. The van der Waals surface area contributed by atoms with E-state index in [0.29, 0.717) is 16.4 Å². The average Bonchev–Trinajstić information content (AvgIpc) is 3.10. The van der Waals surface area contributed by atoms with Gasteiger partial charge in [-0.05, 0) is 55.2 Å². The van der Waals surface area contributed by atoms with Crippen LogP contribution in [0.4, 0.5) is 0 Å². The van der Waals surface area contributed by atoms with E-state index in [0.717, 1.165) is 23.1 Å². The highest BCUT2D eigenvalue weighted by Crippen LogP contribution is 2.33. The largest absolute Gasteiger partial charge is 0.453 e. The van der Waals surface area contributed by atoms with E-state index in [1.54, 1.807) is 29.5 Å². The van der Waals surface area contributed by atoms with E-state index in [9.17, 15) is 4.79 Å². The minimum atomic E-state index is -0.0308. The molecule has 0 atom stereocenters. The second-order valence-electron chi connectivity index (χ2n) is 5.03. The van der Waals surface area contributed by atoms with E-state index in [1.807, 2.05) is 12.1 Å². The van der Waals surface area contributed by atoms with Crippen LogP contribution >= 0.6 is 22.9 Å². The van der Waals surface area contributed by atoms with Gasteiger partial charge in [-0.25, -0.2) is 0 Å². The quantitative estimate of drug-likeness (QED) is 0.632. The van der Waals surface area contributed by atoms with Crippen molar-refractivity contribution in [1.29, 1.82) is 0 Å². The molecule has 1 aliphatic rings. The van der Waals surface area contributed by atoms with Crippen molar-refractivity contribution < 1.29 is 9.21 Å². The van der Waals surface area contributed by atoms with Crippen molar-refractivity contribution in [2.24, 2.45) is 0 Å². The van der Waals surface area contributed by atoms with Crippen LogP contribution in [0.3, 0.4) is 0 Å². The first-order chi connectivity index (χ1) is 9.70. The van der Waals surface area contributed by atoms with Gasteiger partial charge in [0.05, 0.1) is 4.88 Å². The molecule has 0 saturated carbocycles. The number of fused-ring (bicyclic) bond motifs is 2. The second kappa shape index (κ2) is 4.47. The SMILES string of the molecule is O=C(c1cc2cc(Cl)ccc2o1)c1cc2c(s1)CCC2. The second-order valence-corrected chi connectivity index (χ2v) is 6.61. The van der Waals surface area contributed by atoms with Crippen LogP contribution < -0.4 is 0 Å². The Morgan fingerprint density at radius 3 is 2.95 bits per heavy atom. The van der Waals surface area contributed by atoms with Crippen molar-refractivity contribution in [3.8, 4) is 0 Å². The molecule has 1 aromatic carbocycles. The topological polar surface area (TPSA) is 30.2 Å². The Morgan fingerprint density at radius 2 is 2.10 bits per heavy atom. The fourth-order valence-electron chi connectivity index (χ4n) is 2.69. The lowest BCUT2D eigenvalue weighted by atomic mass is 10.2. The third-order valence-corrected chi connectivity index (χ3v) is 5.14. The van der Waals surface area contributed by atoms with Gasteiger partial charge in [0.2, 0.25) is 5.78 Å². The third-order valence-electron chi connectivity index (χ3n) is 3.67. The van der Waals surface area contributed by atoms with E-state index in [-0.39, 0.29) is 5.78 Å². The number of halogens is 1. The summed E-state index contributed by atoms with van der Waals surface area (Å²) in [6, 6.07) is 9.17. The summed E-state index contributed by atoms with van der Waals surface area (Å²) in [5.41, 5.74) is 2.03. The molecule has 0 N–H and O–H groups in total. The molecular formula is C16H11ClO2S. The van der Waals surface area contributed by atoms with E-state index < -0.39 is 0 Å². The summed E-state index contributed by atoms with van der Waals surface area (Å²) < 4.78 is 5.64. The number of ketones is 1. The zero-order valence-corrected chi connectivity index (χ0v) is 12.2. The van der Waals surface area contributed by atoms with E-state index in [1.165, 1.54) is 16.9 Å². The normalized spacial score (nSPS) is 13.8. The molecule has 0 amide bonds. The smallest absolute Gasteiger partial charge is 0.238 e. The fraction of sp³-hybridized carbons (Fsp3) is 0.188. The fourth-order valence-corrected chi connectivity index (χ4v) is 4.07. The highest BCUT2D eigenvalue weighted by atomic mass is 35.5. The van der Waals surface area contributed by atoms with Crippen LogP contribution in [0, 0.1) is 0 Å². The van der Waals surface area contributed by atoms with Gasteiger partial charge >= 0.3 is 0 Å². The molecule has 0 spiro atoms. The highest BCUT2D eigenvalue weighted by Gasteiger charge is 2.21. The number of hydrogen-bond donors (Lipinski definition) is 0. The first kappa shape index (κ1) is 12.2. The summed E-state index contributed by atoms with van der Waals surface area (Å²) in [7, 11) is 0. The molecule has 0 aliphatic heterocycles. The minimum absolute atomic E-state index is 0.0308. The molecule has 100 valence electrons. The van der Waals surface area contributed by atoms with Crippen LogP contribution in [0.2, 0.25) is 5.02 Å². The van der Waals surface area contributed by atoms with Gasteiger partial charge in [-0.1, -0.05) is 11.6 Å². The predicted octanol–water partition coefficient (Wildman–Crippen LogP) is 4.87. The lowest BCUT2D eigenvalue weighted by Crippen LogP contribution is -1.95. The van der Waals surface area contributed by atoms with E-state index in [2.05, 4.69) is 0 Å². The zero-order chi connectivity index (χ0) is 13.7. The summed E-state index contributed by atoms with van der Waals surface area (Å²) in [5, 5.41) is 1.51. The number of carbonyl (C=O) groups is 1. The Bertz CT molecular complexity index is 807. The van der Waals surface area contributed by atoms with Gasteiger partial charge in [0.1, 0.15) is 5.58 Å². The van der Waals surface area contributed by atoms with Crippen molar-refractivity contribution in [3.63, 3.8) is 0 Å². The maximum atomic E-state index is 12.5. The molecule has 0 radical (unpaired) electrons. The summed E-state index contributed by atoms with van der Waals surface area (Å²) in [6.07, 6.45) is 3.40. The van der Waals surface area contributed by atoms with Crippen molar-refractivity contribution in [3.05, 3.63) is 56.4 Å². The first-order valence-electron chi connectivity index (χ1n) is 6.56. The number of aryl methyl sites for hydroxylation is 2. The number of furan rings is 1. The van der Waals surface area contributed by atoms with Crippen molar-refractivity contribution in [2.45, 2.75) is 19.3 Å². The molecular weight excluding hydrogens is 292 g/mol. The van der Waals surface area contributed by atoms with Crippen LogP contribution in [0.15, 0.2) is 34.7 Å². The maximum Gasteiger partial charge on any atom is 0.238 e. The lowest BCUT2D eigenvalue weighted by Gasteiger charge is -1.92. The number of benzene rings is 1. The van der Waals surface area contributed by atoms with Crippen LogP contribution in [0.25, 0.3) is 11.0 Å². The van der Waals surface area contributed by atoms with Crippen molar-refractivity contribution in [2.75, 3.05) is 0 Å².